The zero-order chi connectivity index (χ0) is 15.5. The predicted octanol–water partition coefficient (Wildman–Crippen LogP) is 0.408. The fraction of sp³-hybridized carbons (Fsp3) is 0.714. The van der Waals surface area contributed by atoms with Gasteiger partial charge < -0.3 is 10.8 Å². The van der Waals surface area contributed by atoms with Gasteiger partial charge in [-0.25, -0.2) is 5.43 Å². The van der Waals surface area contributed by atoms with Crippen molar-refractivity contribution in [1.82, 2.24) is 10.9 Å². The first-order valence-corrected chi connectivity index (χ1v) is 5.25. The number of nitrogens with one attached hydrogen (secondary N) is 2. The van der Waals surface area contributed by atoms with Crippen molar-refractivity contribution >= 4 is 34.7 Å². The minimum Gasteiger partial charge on any atom is -0.375 e. The van der Waals surface area contributed by atoms with Gasteiger partial charge in [0.15, 0.2) is 10.9 Å². The number of ketones is 1. The van der Waals surface area contributed by atoms with Crippen LogP contribution in [-0.4, -0.2) is 39.7 Å². The summed E-state index contributed by atoms with van der Waals surface area (Å²) in [6.07, 6.45) is -7.72. The number of carbonyl (C=O) groups is 1. The lowest BCUT2D eigenvalue weighted by molar-refractivity contribution is -0.309. The van der Waals surface area contributed by atoms with Crippen molar-refractivity contribution in [2.75, 3.05) is 6.54 Å². The molecule has 0 aliphatic carbocycles. The molecule has 0 unspecified atom stereocenters. The molecule has 0 aliphatic heterocycles. The number of hydrogen-bond donors (Lipinski definition) is 4. The van der Waals surface area contributed by atoms with E-state index in [1.54, 1.807) is 0 Å². The van der Waals surface area contributed by atoms with Crippen LogP contribution in [0.4, 0.5) is 22.0 Å². The van der Waals surface area contributed by atoms with Gasteiger partial charge in [0.05, 0.1) is 13.0 Å². The molecule has 0 heterocycles. The Bertz CT molecular complexity index is 346. The first-order chi connectivity index (χ1) is 8.31. The Labute approximate surface area is 114 Å². The first-order valence-electron chi connectivity index (χ1n) is 4.47. The van der Waals surface area contributed by atoms with E-state index in [0.29, 0.717) is 0 Å². The van der Waals surface area contributed by atoms with Crippen LogP contribution in [-0.2, 0) is 4.79 Å². The summed E-state index contributed by atoms with van der Waals surface area (Å²) in [5.41, 5.74) is 4.23. The van der Waals surface area contributed by atoms with Crippen LogP contribution in [0.1, 0.15) is 6.42 Å². The molecule has 5 nitrogen and oxygen atoms in total. The number of aliphatic hydroxyl groups is 1. The van der Waals surface area contributed by atoms with Crippen LogP contribution in [0.3, 0.4) is 0 Å². The van der Waals surface area contributed by atoms with E-state index in [-0.39, 0.29) is 5.11 Å². The van der Waals surface area contributed by atoms with E-state index >= 15 is 0 Å². The average molecular weight is 330 g/mol. The van der Waals surface area contributed by atoms with Gasteiger partial charge in [-0.1, -0.05) is 0 Å². The van der Waals surface area contributed by atoms with Crippen LogP contribution in [0.25, 0.3) is 0 Å². The second kappa shape index (κ2) is 6.11. The molecular weight excluding hydrogens is 321 g/mol. The second-order valence-corrected chi connectivity index (χ2v) is 4.33. The highest BCUT2D eigenvalue weighted by Gasteiger charge is 2.69. The minimum absolute atomic E-state index is 0.318. The zero-order valence-electron chi connectivity index (χ0n) is 9.02. The van der Waals surface area contributed by atoms with Gasteiger partial charge in [0.1, 0.15) is 0 Å². The Morgan fingerprint density at radius 2 is 1.79 bits per heavy atom. The number of thiocarbonyl (C=S) groups is 1. The largest absolute Gasteiger partial charge is 0.425 e. The van der Waals surface area contributed by atoms with Gasteiger partial charge in [-0.3, -0.25) is 10.2 Å². The Morgan fingerprint density at radius 3 is 2.11 bits per heavy atom. The molecule has 0 aromatic rings. The summed E-state index contributed by atoms with van der Waals surface area (Å²) in [6.45, 7) is -0.831. The smallest absolute Gasteiger partial charge is 0.375 e. The molecule has 0 radical (unpaired) electrons. The Hall–Kier alpha value is -0.780. The number of carbonyl (C=O) groups excluding carboxylic acids is 1. The van der Waals surface area contributed by atoms with Gasteiger partial charge in [0.2, 0.25) is 5.60 Å². The van der Waals surface area contributed by atoms with Gasteiger partial charge in [0, 0.05) is 0 Å². The Balaban J connectivity index is 4.78. The standard InChI is InChI=1S/C7H9ClF5N3O2S/c8-6(9,10)5(18,7(11,12)13)1-3(17)2-15-16-4(14)19/h15,18H,1-2H2,(H3,14,16,19)/t5-/m0/s1. The summed E-state index contributed by atoms with van der Waals surface area (Å²) in [4.78, 5) is 11.1. The molecule has 112 valence electrons. The highest BCUT2D eigenvalue weighted by Crippen LogP contribution is 2.46. The van der Waals surface area contributed by atoms with Crippen LogP contribution in [0, 0.1) is 0 Å². The molecule has 0 bridgehead atoms. The van der Waals surface area contributed by atoms with Crippen molar-refractivity contribution < 1.29 is 31.9 Å². The summed E-state index contributed by atoms with van der Waals surface area (Å²) in [6, 6.07) is 0. The Morgan fingerprint density at radius 1 is 1.32 bits per heavy atom. The van der Waals surface area contributed by atoms with E-state index in [9.17, 15) is 26.7 Å². The fourth-order valence-electron chi connectivity index (χ4n) is 0.939. The molecule has 0 spiro atoms. The molecule has 0 aromatic heterocycles. The molecule has 0 fully saturated rings. The van der Waals surface area contributed by atoms with Crippen LogP contribution in [0.15, 0.2) is 0 Å². The van der Waals surface area contributed by atoms with Crippen molar-refractivity contribution in [3.05, 3.63) is 0 Å². The molecule has 0 rings (SSSR count). The highest BCUT2D eigenvalue weighted by atomic mass is 35.5. The molecule has 0 saturated heterocycles. The van der Waals surface area contributed by atoms with Crippen molar-refractivity contribution in [1.29, 1.82) is 0 Å². The minimum atomic E-state index is -5.79. The third-order valence-electron chi connectivity index (χ3n) is 1.89. The molecular formula is C7H9ClF5N3O2S. The zero-order valence-corrected chi connectivity index (χ0v) is 10.6. The number of nitrogens with two attached hydrogens (primary N) is 1. The molecule has 1 atom stereocenters. The molecule has 0 amide bonds. The van der Waals surface area contributed by atoms with Crippen molar-refractivity contribution in [2.45, 2.75) is 23.6 Å². The van der Waals surface area contributed by atoms with Gasteiger partial charge in [0.25, 0.3) is 0 Å². The summed E-state index contributed by atoms with van der Waals surface area (Å²) in [5, 5.41) is 3.56. The maximum absolute atomic E-state index is 12.6. The lowest BCUT2D eigenvalue weighted by Crippen LogP contribution is -2.58. The topological polar surface area (TPSA) is 87.4 Å². The van der Waals surface area contributed by atoms with Gasteiger partial charge in [-0.05, 0) is 23.8 Å². The average Bonchev–Trinajstić information content (AvgIpc) is 2.12. The first kappa shape index (κ1) is 18.2. The number of halogens is 6. The maximum Gasteiger partial charge on any atom is 0.425 e. The van der Waals surface area contributed by atoms with E-state index in [1.807, 2.05) is 10.9 Å². The van der Waals surface area contributed by atoms with E-state index < -0.39 is 35.9 Å². The summed E-state index contributed by atoms with van der Waals surface area (Å²) in [7, 11) is 0. The van der Waals surface area contributed by atoms with E-state index in [2.05, 4.69) is 23.8 Å². The summed E-state index contributed by atoms with van der Waals surface area (Å²) < 4.78 is 62.4. The molecule has 19 heavy (non-hydrogen) atoms. The van der Waals surface area contributed by atoms with E-state index in [1.165, 1.54) is 0 Å². The van der Waals surface area contributed by atoms with Crippen molar-refractivity contribution in [3.8, 4) is 0 Å². The third kappa shape index (κ3) is 5.01. The molecule has 0 aliphatic rings. The predicted molar refractivity (Wildman–Crippen MR) is 59.4 cm³/mol. The monoisotopic (exact) mass is 329 g/mol. The van der Waals surface area contributed by atoms with E-state index in [0.717, 1.165) is 0 Å². The number of Topliss-reactive ketones (excluding diaryl/α,β-unsaturated/α-hetero) is 1. The molecule has 0 aromatic carbocycles. The van der Waals surface area contributed by atoms with E-state index in [4.69, 9.17) is 10.8 Å². The second-order valence-electron chi connectivity index (χ2n) is 3.41. The summed E-state index contributed by atoms with van der Waals surface area (Å²) >= 11 is 8.52. The van der Waals surface area contributed by atoms with Gasteiger partial charge >= 0.3 is 11.6 Å². The van der Waals surface area contributed by atoms with Crippen LogP contribution >= 0.6 is 23.8 Å². The number of rotatable bonds is 6. The van der Waals surface area contributed by atoms with Crippen molar-refractivity contribution in [2.24, 2.45) is 5.73 Å². The van der Waals surface area contributed by atoms with Crippen LogP contribution in [0.2, 0.25) is 0 Å². The fourth-order valence-corrected chi connectivity index (χ4v) is 1.19. The molecule has 12 heteroatoms. The number of hydrogen-bond acceptors (Lipinski definition) is 4. The molecule has 5 N–H and O–H groups in total. The number of hydrazine groups is 1. The quantitative estimate of drug-likeness (QED) is 0.244. The molecule has 0 saturated carbocycles. The highest BCUT2D eigenvalue weighted by molar-refractivity contribution is 7.80. The van der Waals surface area contributed by atoms with Crippen molar-refractivity contribution in [3.63, 3.8) is 0 Å². The van der Waals surface area contributed by atoms with Crippen LogP contribution in [0.5, 0.6) is 0 Å². The SMILES string of the molecule is NC(=S)NNCC(=O)C[C@@](O)(C(F)(F)F)C(F)(F)Cl. The maximum atomic E-state index is 12.6. The normalized spacial score (nSPS) is 15.7. The van der Waals surface area contributed by atoms with Gasteiger partial charge in [-0.15, -0.1) is 0 Å². The van der Waals surface area contributed by atoms with Crippen LogP contribution < -0.4 is 16.6 Å². The summed E-state index contributed by atoms with van der Waals surface area (Å²) in [5.74, 6) is -1.39. The number of alkyl halides is 6. The Kier molecular flexibility index (Phi) is 5.86. The van der Waals surface area contributed by atoms with Gasteiger partial charge in [-0.2, -0.15) is 22.0 Å². The lowest BCUT2D eigenvalue weighted by atomic mass is 9.96. The third-order valence-corrected chi connectivity index (χ3v) is 2.30. The lowest BCUT2D eigenvalue weighted by Gasteiger charge is -2.33.